The Labute approximate surface area is 102 Å². The van der Waals surface area contributed by atoms with Gasteiger partial charge in [-0.15, -0.1) is 0 Å². The number of carbonyl (C=O) groups is 1. The second kappa shape index (κ2) is 5.39. The fourth-order valence-corrected chi connectivity index (χ4v) is 1.49. The first-order valence-electron chi connectivity index (χ1n) is 5.38. The zero-order valence-corrected chi connectivity index (χ0v) is 9.44. The first-order chi connectivity index (χ1) is 8.68. The molecule has 94 valence electrons. The van der Waals surface area contributed by atoms with Crippen LogP contribution in [-0.4, -0.2) is 22.2 Å². The van der Waals surface area contributed by atoms with E-state index in [1.807, 2.05) is 0 Å². The quantitative estimate of drug-likeness (QED) is 0.897. The lowest BCUT2D eigenvalue weighted by molar-refractivity contribution is 0.0947. The minimum absolute atomic E-state index is 0.288. The van der Waals surface area contributed by atoms with Crippen LogP contribution in [0.15, 0.2) is 36.7 Å². The Morgan fingerprint density at radius 1 is 1.33 bits per heavy atom. The monoisotopic (exact) mass is 251 g/mol. The van der Waals surface area contributed by atoms with Gasteiger partial charge in [-0.1, -0.05) is 6.07 Å². The van der Waals surface area contributed by atoms with Crippen LogP contribution in [0.2, 0.25) is 0 Å². The van der Waals surface area contributed by atoms with Crippen molar-refractivity contribution in [3.8, 4) is 0 Å². The van der Waals surface area contributed by atoms with E-state index in [2.05, 4.69) is 10.4 Å². The molecule has 2 rings (SSSR count). The van der Waals surface area contributed by atoms with E-state index in [-0.39, 0.29) is 12.1 Å². The number of aromatic nitrogens is 2. The van der Waals surface area contributed by atoms with E-state index in [0.717, 1.165) is 6.07 Å². The maximum Gasteiger partial charge on any atom is 0.254 e. The third kappa shape index (κ3) is 2.71. The average Bonchev–Trinajstić information content (AvgIpc) is 2.85. The number of amides is 1. The first kappa shape index (κ1) is 12.2. The van der Waals surface area contributed by atoms with Gasteiger partial charge in [-0.05, 0) is 18.2 Å². The minimum Gasteiger partial charge on any atom is -0.350 e. The van der Waals surface area contributed by atoms with Crippen LogP contribution in [0, 0.1) is 11.6 Å². The van der Waals surface area contributed by atoms with Crippen molar-refractivity contribution in [1.29, 1.82) is 0 Å². The molecular formula is C12H11F2N3O. The molecule has 1 aromatic carbocycles. The number of rotatable bonds is 4. The molecule has 6 heteroatoms. The molecule has 0 saturated carbocycles. The smallest absolute Gasteiger partial charge is 0.254 e. The summed E-state index contributed by atoms with van der Waals surface area (Å²) in [7, 11) is 0. The van der Waals surface area contributed by atoms with Crippen LogP contribution < -0.4 is 5.32 Å². The fourth-order valence-electron chi connectivity index (χ4n) is 1.49. The number of hydrogen-bond donors (Lipinski definition) is 1. The third-order valence-corrected chi connectivity index (χ3v) is 2.38. The van der Waals surface area contributed by atoms with Crippen molar-refractivity contribution in [1.82, 2.24) is 15.1 Å². The van der Waals surface area contributed by atoms with Crippen LogP contribution in [0.3, 0.4) is 0 Å². The minimum atomic E-state index is -1.13. The number of nitrogens with one attached hydrogen (secondary N) is 1. The van der Waals surface area contributed by atoms with E-state index in [4.69, 9.17) is 0 Å². The Kier molecular flexibility index (Phi) is 3.66. The van der Waals surface area contributed by atoms with Crippen molar-refractivity contribution < 1.29 is 13.6 Å². The Morgan fingerprint density at radius 2 is 2.17 bits per heavy atom. The predicted molar refractivity (Wildman–Crippen MR) is 60.9 cm³/mol. The molecule has 0 unspecified atom stereocenters. The fraction of sp³-hybridized carbons (Fsp3) is 0.167. The van der Waals surface area contributed by atoms with Crippen molar-refractivity contribution >= 4 is 5.91 Å². The molecule has 1 heterocycles. The molecule has 1 aromatic heterocycles. The van der Waals surface area contributed by atoms with Gasteiger partial charge in [0.1, 0.15) is 0 Å². The molecule has 0 aliphatic heterocycles. The van der Waals surface area contributed by atoms with Crippen molar-refractivity contribution in [2.24, 2.45) is 0 Å². The summed E-state index contributed by atoms with van der Waals surface area (Å²) in [4.78, 5) is 11.6. The Balaban J connectivity index is 1.93. The maximum absolute atomic E-state index is 13.3. The van der Waals surface area contributed by atoms with E-state index >= 15 is 0 Å². The van der Waals surface area contributed by atoms with Gasteiger partial charge in [0.25, 0.3) is 5.91 Å². The zero-order chi connectivity index (χ0) is 13.0. The van der Waals surface area contributed by atoms with Gasteiger partial charge in [-0.2, -0.15) is 5.10 Å². The summed E-state index contributed by atoms with van der Waals surface area (Å²) in [6.45, 7) is 0.756. The average molecular weight is 251 g/mol. The lowest BCUT2D eigenvalue weighted by Gasteiger charge is -2.06. The number of benzene rings is 1. The number of nitrogens with zero attached hydrogens (tertiary/aromatic N) is 2. The molecule has 0 bridgehead atoms. The normalized spacial score (nSPS) is 10.3. The summed E-state index contributed by atoms with van der Waals surface area (Å²) in [6, 6.07) is 5.26. The molecule has 0 spiro atoms. The molecule has 0 aliphatic rings. The van der Waals surface area contributed by atoms with E-state index < -0.39 is 17.5 Å². The summed E-state index contributed by atoms with van der Waals surface area (Å²) < 4.78 is 27.8. The highest BCUT2D eigenvalue weighted by molar-refractivity contribution is 5.94. The Bertz CT molecular complexity index is 540. The second-order valence-electron chi connectivity index (χ2n) is 3.63. The molecule has 0 aliphatic carbocycles. The SMILES string of the molecule is O=C(NCCn1cccn1)c1cccc(F)c1F. The molecule has 0 radical (unpaired) electrons. The Morgan fingerprint density at radius 3 is 2.89 bits per heavy atom. The molecule has 0 fully saturated rings. The van der Waals surface area contributed by atoms with Crippen molar-refractivity contribution in [2.45, 2.75) is 6.54 Å². The van der Waals surface area contributed by atoms with Crippen molar-refractivity contribution in [2.75, 3.05) is 6.54 Å². The summed E-state index contributed by atoms with van der Waals surface area (Å²) in [5.74, 6) is -2.80. The van der Waals surface area contributed by atoms with Crippen LogP contribution in [0.4, 0.5) is 8.78 Å². The topological polar surface area (TPSA) is 46.9 Å². The molecule has 0 saturated heterocycles. The molecule has 18 heavy (non-hydrogen) atoms. The summed E-state index contributed by atoms with van der Waals surface area (Å²) >= 11 is 0. The van der Waals surface area contributed by atoms with E-state index in [1.165, 1.54) is 12.1 Å². The van der Waals surface area contributed by atoms with Gasteiger partial charge in [0, 0.05) is 18.9 Å². The highest BCUT2D eigenvalue weighted by Gasteiger charge is 2.14. The van der Waals surface area contributed by atoms with Gasteiger partial charge in [0.05, 0.1) is 12.1 Å². The molecular weight excluding hydrogens is 240 g/mol. The second-order valence-corrected chi connectivity index (χ2v) is 3.63. The molecule has 2 aromatic rings. The first-order valence-corrected chi connectivity index (χ1v) is 5.38. The van der Waals surface area contributed by atoms with Gasteiger partial charge in [0.2, 0.25) is 0 Å². The third-order valence-electron chi connectivity index (χ3n) is 2.38. The largest absolute Gasteiger partial charge is 0.350 e. The number of halogens is 2. The Hall–Kier alpha value is -2.24. The van der Waals surface area contributed by atoms with Crippen LogP contribution in [0.25, 0.3) is 0 Å². The van der Waals surface area contributed by atoms with Gasteiger partial charge >= 0.3 is 0 Å². The number of carbonyl (C=O) groups excluding carboxylic acids is 1. The van der Waals surface area contributed by atoms with Crippen LogP contribution >= 0.6 is 0 Å². The molecule has 1 amide bonds. The van der Waals surface area contributed by atoms with Crippen molar-refractivity contribution in [3.63, 3.8) is 0 Å². The van der Waals surface area contributed by atoms with E-state index in [1.54, 1.807) is 23.1 Å². The van der Waals surface area contributed by atoms with E-state index in [0.29, 0.717) is 6.54 Å². The van der Waals surface area contributed by atoms with E-state index in [9.17, 15) is 13.6 Å². The van der Waals surface area contributed by atoms with Crippen molar-refractivity contribution in [3.05, 3.63) is 53.9 Å². The van der Waals surface area contributed by atoms with Crippen LogP contribution in [-0.2, 0) is 6.54 Å². The summed E-state index contributed by atoms with van der Waals surface area (Å²) in [6.07, 6.45) is 3.36. The van der Waals surface area contributed by atoms with Gasteiger partial charge < -0.3 is 5.32 Å². The molecule has 4 nitrogen and oxygen atoms in total. The lowest BCUT2D eigenvalue weighted by Crippen LogP contribution is -2.28. The van der Waals surface area contributed by atoms with Crippen LogP contribution in [0.5, 0.6) is 0 Å². The summed E-state index contributed by atoms with van der Waals surface area (Å²) in [5.41, 5.74) is -0.296. The van der Waals surface area contributed by atoms with Gasteiger partial charge in [0.15, 0.2) is 11.6 Å². The standard InChI is InChI=1S/C12H11F2N3O/c13-10-4-1-3-9(11(10)14)12(18)15-6-8-17-7-2-5-16-17/h1-5,7H,6,8H2,(H,15,18). The lowest BCUT2D eigenvalue weighted by atomic mass is 10.2. The molecule has 0 atom stereocenters. The van der Waals surface area contributed by atoms with Crippen LogP contribution in [0.1, 0.15) is 10.4 Å². The zero-order valence-electron chi connectivity index (χ0n) is 9.44. The molecule has 1 N–H and O–H groups in total. The highest BCUT2D eigenvalue weighted by Crippen LogP contribution is 2.10. The predicted octanol–water partition coefficient (Wildman–Crippen LogP) is 1.59. The summed E-state index contributed by atoms with van der Waals surface area (Å²) in [5, 5.41) is 6.45. The van der Waals surface area contributed by atoms with Gasteiger partial charge in [-0.3, -0.25) is 9.48 Å². The number of hydrogen-bond acceptors (Lipinski definition) is 2. The van der Waals surface area contributed by atoms with Gasteiger partial charge in [-0.25, -0.2) is 8.78 Å². The maximum atomic E-state index is 13.3. The highest BCUT2D eigenvalue weighted by atomic mass is 19.2.